The molecule has 1 aliphatic rings. The molecular weight excluding hydrogens is 376 g/mol. The van der Waals surface area contributed by atoms with Gasteiger partial charge in [0, 0.05) is 31.9 Å². The Morgan fingerprint density at radius 3 is 2.19 bits per heavy atom. The molecule has 1 aromatic carbocycles. The maximum Gasteiger partial charge on any atom is 0.243 e. The van der Waals surface area contributed by atoms with Crippen LogP contribution in [0.15, 0.2) is 29.2 Å². The van der Waals surface area contributed by atoms with Crippen LogP contribution in [0.25, 0.3) is 0 Å². The average Bonchev–Trinajstić information content (AvgIpc) is 3.04. The Morgan fingerprint density at radius 2 is 1.70 bits per heavy atom. The van der Waals surface area contributed by atoms with Gasteiger partial charge in [-0.05, 0) is 62.7 Å². The van der Waals surface area contributed by atoms with E-state index < -0.39 is 18.3 Å². The van der Waals surface area contributed by atoms with Crippen molar-refractivity contribution >= 4 is 24.0 Å². The highest BCUT2D eigenvalue weighted by atomic mass is 32.2. The first-order valence-electron chi connectivity index (χ1n) is 9.95. The molecule has 1 saturated heterocycles. The number of anilines is 1. The number of benzene rings is 1. The van der Waals surface area contributed by atoms with Crippen LogP contribution in [0.2, 0.25) is 18.1 Å². The second kappa shape index (κ2) is 8.23. The summed E-state index contributed by atoms with van der Waals surface area (Å²) in [6, 6.07) is 7.26. The van der Waals surface area contributed by atoms with Gasteiger partial charge in [-0.1, -0.05) is 20.8 Å². The smallest absolute Gasteiger partial charge is 0.243 e. The molecule has 1 aromatic rings. The lowest BCUT2D eigenvalue weighted by Gasteiger charge is -2.38. The van der Waals surface area contributed by atoms with Gasteiger partial charge in [0.1, 0.15) is 0 Å². The second-order valence-corrected chi connectivity index (χ2v) is 15.5. The van der Waals surface area contributed by atoms with Gasteiger partial charge in [-0.3, -0.25) is 0 Å². The molecule has 2 rings (SSSR count). The standard InChI is InChI=1S/C20H36N2O3SSi/c1-8-21(9-2)17-10-12-19(13-11-17)26(23,24)22-15-14-18(16-22)25-27(6,7)20(3,4)5/h10-13,18H,8-9,14-16H2,1-7H3. The third kappa shape index (κ3) is 4.94. The summed E-state index contributed by atoms with van der Waals surface area (Å²) in [6.45, 7) is 18.0. The van der Waals surface area contributed by atoms with E-state index in [-0.39, 0.29) is 11.1 Å². The average molecular weight is 413 g/mol. The quantitative estimate of drug-likeness (QED) is 0.626. The lowest BCUT2D eigenvalue weighted by atomic mass is 10.2. The molecule has 0 aliphatic carbocycles. The third-order valence-electron chi connectivity index (χ3n) is 5.98. The molecule has 1 atom stereocenters. The highest BCUT2D eigenvalue weighted by Gasteiger charge is 2.42. The molecule has 0 amide bonds. The van der Waals surface area contributed by atoms with Crippen molar-refractivity contribution in [2.45, 2.75) is 70.2 Å². The molecule has 1 heterocycles. The maximum absolute atomic E-state index is 13.0. The zero-order chi connectivity index (χ0) is 20.5. The highest BCUT2D eigenvalue weighted by molar-refractivity contribution is 7.89. The molecular formula is C20H36N2O3SSi. The van der Waals surface area contributed by atoms with Crippen molar-refractivity contribution in [3.8, 4) is 0 Å². The van der Waals surface area contributed by atoms with Gasteiger partial charge in [-0.2, -0.15) is 4.31 Å². The molecule has 0 spiro atoms. The fourth-order valence-electron chi connectivity index (χ4n) is 3.17. The van der Waals surface area contributed by atoms with E-state index in [4.69, 9.17) is 4.43 Å². The van der Waals surface area contributed by atoms with Crippen LogP contribution in [0.3, 0.4) is 0 Å². The van der Waals surface area contributed by atoms with Crippen molar-refractivity contribution in [2.75, 3.05) is 31.1 Å². The van der Waals surface area contributed by atoms with Crippen molar-refractivity contribution in [1.29, 1.82) is 0 Å². The number of hydrogen-bond donors (Lipinski definition) is 0. The lowest BCUT2D eigenvalue weighted by Crippen LogP contribution is -2.44. The first kappa shape index (κ1) is 22.4. The van der Waals surface area contributed by atoms with Crippen LogP contribution >= 0.6 is 0 Å². The largest absolute Gasteiger partial charge is 0.413 e. The summed E-state index contributed by atoms with van der Waals surface area (Å²) in [5, 5.41) is 0.125. The Morgan fingerprint density at radius 1 is 1.15 bits per heavy atom. The van der Waals surface area contributed by atoms with Crippen LogP contribution in [0.4, 0.5) is 5.69 Å². The molecule has 1 aliphatic heterocycles. The highest BCUT2D eigenvalue weighted by Crippen LogP contribution is 2.38. The van der Waals surface area contributed by atoms with Crippen LogP contribution in [-0.4, -0.2) is 53.3 Å². The van der Waals surface area contributed by atoms with E-state index in [1.807, 2.05) is 12.1 Å². The van der Waals surface area contributed by atoms with Gasteiger partial charge in [0.2, 0.25) is 10.0 Å². The minimum Gasteiger partial charge on any atom is -0.413 e. The van der Waals surface area contributed by atoms with Gasteiger partial charge in [0.05, 0.1) is 11.0 Å². The molecule has 7 heteroatoms. The molecule has 5 nitrogen and oxygen atoms in total. The van der Waals surface area contributed by atoms with E-state index in [0.717, 1.165) is 25.2 Å². The van der Waals surface area contributed by atoms with Crippen molar-refractivity contribution in [2.24, 2.45) is 0 Å². The van der Waals surface area contributed by atoms with Gasteiger partial charge >= 0.3 is 0 Å². The van der Waals surface area contributed by atoms with Crippen LogP contribution < -0.4 is 4.90 Å². The van der Waals surface area contributed by atoms with Crippen molar-refractivity contribution in [1.82, 2.24) is 4.31 Å². The van der Waals surface area contributed by atoms with Crippen molar-refractivity contribution in [3.05, 3.63) is 24.3 Å². The minimum atomic E-state index is -3.47. The SMILES string of the molecule is CCN(CC)c1ccc(S(=O)(=O)N2CCC(O[Si](C)(C)C(C)(C)C)C2)cc1. The molecule has 0 saturated carbocycles. The maximum atomic E-state index is 13.0. The zero-order valence-corrected chi connectivity index (χ0v) is 19.8. The van der Waals surface area contributed by atoms with E-state index in [2.05, 4.69) is 52.6 Å². The fourth-order valence-corrected chi connectivity index (χ4v) is 6.04. The molecule has 0 aromatic heterocycles. The molecule has 27 heavy (non-hydrogen) atoms. The number of hydrogen-bond acceptors (Lipinski definition) is 4. The molecule has 154 valence electrons. The zero-order valence-electron chi connectivity index (χ0n) is 17.9. The minimum absolute atomic E-state index is 0.00406. The van der Waals surface area contributed by atoms with E-state index in [9.17, 15) is 8.42 Å². The Balaban J connectivity index is 2.10. The Kier molecular flexibility index (Phi) is 6.83. The summed E-state index contributed by atoms with van der Waals surface area (Å²) in [5.74, 6) is 0. The van der Waals surface area contributed by atoms with Crippen LogP contribution in [0, 0.1) is 0 Å². The third-order valence-corrected chi connectivity index (χ3v) is 12.4. The monoisotopic (exact) mass is 412 g/mol. The van der Waals surface area contributed by atoms with Crippen LogP contribution in [0.1, 0.15) is 41.0 Å². The van der Waals surface area contributed by atoms with E-state index in [1.165, 1.54) is 0 Å². The van der Waals surface area contributed by atoms with Gasteiger partial charge in [-0.15, -0.1) is 0 Å². The van der Waals surface area contributed by atoms with E-state index >= 15 is 0 Å². The fraction of sp³-hybridized carbons (Fsp3) is 0.700. The predicted octanol–water partition coefficient (Wildman–Crippen LogP) is 4.32. The van der Waals surface area contributed by atoms with Gasteiger partial charge in [0.25, 0.3) is 0 Å². The normalized spacial score (nSPS) is 19.4. The molecule has 0 bridgehead atoms. The van der Waals surface area contributed by atoms with Crippen LogP contribution in [0.5, 0.6) is 0 Å². The van der Waals surface area contributed by atoms with E-state index in [1.54, 1.807) is 16.4 Å². The summed E-state index contributed by atoms with van der Waals surface area (Å²) in [5.41, 5.74) is 1.06. The molecule has 0 radical (unpaired) electrons. The predicted molar refractivity (Wildman–Crippen MR) is 115 cm³/mol. The van der Waals surface area contributed by atoms with Crippen molar-refractivity contribution < 1.29 is 12.8 Å². The Labute approximate surface area is 166 Å². The summed E-state index contributed by atoms with van der Waals surface area (Å²) in [7, 11) is -5.36. The molecule has 1 unspecified atom stereocenters. The molecule has 0 N–H and O–H groups in total. The first-order valence-corrected chi connectivity index (χ1v) is 14.3. The van der Waals surface area contributed by atoms with E-state index in [0.29, 0.717) is 18.0 Å². The van der Waals surface area contributed by atoms with Gasteiger partial charge in [0.15, 0.2) is 8.32 Å². The topological polar surface area (TPSA) is 49.9 Å². The van der Waals surface area contributed by atoms with Crippen molar-refractivity contribution in [3.63, 3.8) is 0 Å². The number of sulfonamides is 1. The number of rotatable bonds is 7. The van der Waals surface area contributed by atoms with Gasteiger partial charge in [-0.25, -0.2) is 8.42 Å². The summed E-state index contributed by atoms with van der Waals surface area (Å²) in [4.78, 5) is 2.57. The Hall–Kier alpha value is -0.893. The molecule has 1 fully saturated rings. The lowest BCUT2D eigenvalue weighted by molar-refractivity contribution is 0.193. The summed E-state index contributed by atoms with van der Waals surface area (Å²) in [6.07, 6.45) is 0.763. The van der Waals surface area contributed by atoms with Gasteiger partial charge < -0.3 is 9.33 Å². The second-order valence-electron chi connectivity index (χ2n) is 8.82. The summed E-state index contributed by atoms with van der Waals surface area (Å²) >= 11 is 0. The first-order chi connectivity index (χ1) is 12.4. The number of nitrogens with zero attached hydrogens (tertiary/aromatic N) is 2. The Bertz CT molecular complexity index is 723. The summed E-state index contributed by atoms with van der Waals surface area (Å²) < 4.78 is 34.1. The van der Waals surface area contributed by atoms with Crippen LogP contribution in [-0.2, 0) is 14.4 Å².